The summed E-state index contributed by atoms with van der Waals surface area (Å²) in [5.74, 6) is -0.380. The second kappa shape index (κ2) is 5.57. The average Bonchev–Trinajstić information content (AvgIpc) is 2.40. The van der Waals surface area contributed by atoms with Crippen molar-refractivity contribution >= 4 is 23.2 Å². The molecule has 0 aliphatic heterocycles. The Labute approximate surface area is 108 Å². The molecule has 0 aromatic carbocycles. The molecule has 0 fully saturated rings. The highest BCUT2D eigenvalue weighted by Crippen LogP contribution is 2.14. The summed E-state index contributed by atoms with van der Waals surface area (Å²) in [5.41, 5.74) is 1.29. The highest BCUT2D eigenvalue weighted by atomic mass is 35.5. The van der Waals surface area contributed by atoms with Crippen molar-refractivity contribution in [3.63, 3.8) is 0 Å². The van der Waals surface area contributed by atoms with Gasteiger partial charge in [0.25, 0.3) is 5.91 Å². The first-order valence-corrected chi connectivity index (χ1v) is 5.55. The maximum atomic E-state index is 11.9. The van der Waals surface area contributed by atoms with Crippen molar-refractivity contribution in [3.8, 4) is 0 Å². The minimum absolute atomic E-state index is 0.174. The van der Waals surface area contributed by atoms with Gasteiger partial charge in [-0.2, -0.15) is 0 Å². The zero-order valence-corrected chi connectivity index (χ0v) is 10.1. The molecule has 0 aliphatic rings. The van der Waals surface area contributed by atoms with Gasteiger partial charge < -0.3 is 10.4 Å². The van der Waals surface area contributed by atoms with Gasteiger partial charge in [0, 0.05) is 18.0 Å². The first kappa shape index (κ1) is 12.5. The molecule has 5 nitrogen and oxygen atoms in total. The second-order valence-corrected chi connectivity index (χ2v) is 3.94. The van der Waals surface area contributed by atoms with Crippen LogP contribution in [-0.2, 0) is 6.61 Å². The lowest BCUT2D eigenvalue weighted by atomic mass is 10.2. The third-order valence-electron chi connectivity index (χ3n) is 2.29. The lowest BCUT2D eigenvalue weighted by Crippen LogP contribution is -2.14. The first-order chi connectivity index (χ1) is 8.70. The number of carbonyl (C=O) groups is 1. The number of pyridine rings is 2. The van der Waals surface area contributed by atoms with E-state index in [0.717, 1.165) is 0 Å². The maximum absolute atomic E-state index is 11.9. The number of amides is 1. The number of hydrogen-bond acceptors (Lipinski definition) is 4. The van der Waals surface area contributed by atoms with E-state index >= 15 is 0 Å². The van der Waals surface area contributed by atoms with Gasteiger partial charge in [-0.1, -0.05) is 11.6 Å². The molecule has 0 radical (unpaired) electrons. The van der Waals surface area contributed by atoms with E-state index in [1.54, 1.807) is 18.3 Å². The molecule has 18 heavy (non-hydrogen) atoms. The van der Waals surface area contributed by atoms with Crippen molar-refractivity contribution in [1.82, 2.24) is 9.97 Å². The normalized spacial score (nSPS) is 10.1. The van der Waals surface area contributed by atoms with Crippen LogP contribution >= 0.6 is 11.6 Å². The number of rotatable bonds is 3. The van der Waals surface area contributed by atoms with Crippen LogP contribution in [0.25, 0.3) is 0 Å². The Bertz CT molecular complexity index is 558. The number of nitrogens with one attached hydrogen (secondary N) is 1. The van der Waals surface area contributed by atoms with Crippen LogP contribution in [0.4, 0.5) is 5.69 Å². The molecule has 0 saturated heterocycles. The zero-order valence-electron chi connectivity index (χ0n) is 9.30. The smallest absolute Gasteiger partial charge is 0.274 e. The molecule has 92 valence electrons. The Kier molecular flexibility index (Phi) is 3.86. The summed E-state index contributed by atoms with van der Waals surface area (Å²) in [4.78, 5) is 19.7. The number of halogens is 1. The molecular weight excluding hydrogens is 254 g/mol. The number of carbonyl (C=O) groups excluding carboxylic acids is 1. The topological polar surface area (TPSA) is 75.1 Å². The average molecular weight is 264 g/mol. The van der Waals surface area contributed by atoms with Crippen molar-refractivity contribution in [2.24, 2.45) is 0 Å². The summed E-state index contributed by atoms with van der Waals surface area (Å²) in [5, 5.41) is 12.2. The van der Waals surface area contributed by atoms with Gasteiger partial charge in [0.05, 0.1) is 23.5 Å². The van der Waals surface area contributed by atoms with Crippen molar-refractivity contribution in [1.29, 1.82) is 0 Å². The van der Waals surface area contributed by atoms with Crippen LogP contribution in [0.15, 0.2) is 36.8 Å². The van der Waals surface area contributed by atoms with Gasteiger partial charge in [0.1, 0.15) is 5.69 Å². The summed E-state index contributed by atoms with van der Waals surface area (Å²) in [6.07, 6.45) is 4.41. The van der Waals surface area contributed by atoms with Crippen LogP contribution in [0.5, 0.6) is 0 Å². The van der Waals surface area contributed by atoms with E-state index in [4.69, 9.17) is 16.7 Å². The lowest BCUT2D eigenvalue weighted by Gasteiger charge is -2.08. The van der Waals surface area contributed by atoms with Crippen molar-refractivity contribution in [2.45, 2.75) is 6.61 Å². The Hall–Kier alpha value is -1.98. The van der Waals surface area contributed by atoms with E-state index in [1.807, 2.05) is 0 Å². The van der Waals surface area contributed by atoms with E-state index in [1.165, 1.54) is 18.5 Å². The molecule has 0 spiro atoms. The van der Waals surface area contributed by atoms with Crippen molar-refractivity contribution in [2.75, 3.05) is 5.32 Å². The number of aromatic nitrogens is 2. The Balaban J connectivity index is 2.18. The first-order valence-electron chi connectivity index (χ1n) is 5.17. The van der Waals surface area contributed by atoms with Gasteiger partial charge >= 0.3 is 0 Å². The Morgan fingerprint density at radius 1 is 1.33 bits per heavy atom. The van der Waals surface area contributed by atoms with E-state index < -0.39 is 0 Å². The van der Waals surface area contributed by atoms with Crippen LogP contribution in [0, 0.1) is 0 Å². The second-order valence-electron chi connectivity index (χ2n) is 3.51. The Morgan fingerprint density at radius 3 is 2.83 bits per heavy atom. The standard InChI is InChI=1S/C12H10ClN3O2/c13-9-1-2-10(15-5-9)12(18)16-11-6-14-4-3-8(11)7-17/h1-6,17H,7H2,(H,16,18). The van der Waals surface area contributed by atoms with Gasteiger partial charge in [-0.15, -0.1) is 0 Å². The van der Waals surface area contributed by atoms with Crippen LogP contribution in [0.3, 0.4) is 0 Å². The molecule has 0 aliphatic carbocycles. The molecule has 0 atom stereocenters. The molecule has 2 N–H and O–H groups in total. The largest absolute Gasteiger partial charge is 0.392 e. The van der Waals surface area contributed by atoms with Crippen LogP contribution in [-0.4, -0.2) is 21.0 Å². The fourth-order valence-corrected chi connectivity index (χ4v) is 1.48. The van der Waals surface area contributed by atoms with Crippen molar-refractivity contribution < 1.29 is 9.90 Å². The van der Waals surface area contributed by atoms with Crippen LogP contribution in [0.2, 0.25) is 5.02 Å². The van der Waals surface area contributed by atoms with Crippen LogP contribution < -0.4 is 5.32 Å². The summed E-state index contributed by atoms with van der Waals surface area (Å²) >= 11 is 5.69. The van der Waals surface area contributed by atoms with Gasteiger partial charge in [-0.3, -0.25) is 9.78 Å². The SMILES string of the molecule is O=C(Nc1cnccc1CO)c1ccc(Cl)cn1. The van der Waals surface area contributed by atoms with E-state index in [-0.39, 0.29) is 18.2 Å². The molecule has 2 aromatic rings. The maximum Gasteiger partial charge on any atom is 0.274 e. The highest BCUT2D eigenvalue weighted by Gasteiger charge is 2.09. The quantitative estimate of drug-likeness (QED) is 0.887. The van der Waals surface area contributed by atoms with E-state index in [0.29, 0.717) is 16.3 Å². The highest BCUT2D eigenvalue weighted by molar-refractivity contribution is 6.30. The molecule has 0 bridgehead atoms. The predicted molar refractivity (Wildman–Crippen MR) is 67.4 cm³/mol. The monoisotopic (exact) mass is 263 g/mol. The van der Waals surface area contributed by atoms with Gasteiger partial charge in [-0.05, 0) is 18.2 Å². The molecule has 6 heteroatoms. The van der Waals surface area contributed by atoms with Crippen molar-refractivity contribution in [3.05, 3.63) is 53.1 Å². The summed E-state index contributed by atoms with van der Waals surface area (Å²) in [7, 11) is 0. The molecule has 0 unspecified atom stereocenters. The minimum Gasteiger partial charge on any atom is -0.392 e. The van der Waals surface area contributed by atoms with E-state index in [9.17, 15) is 4.79 Å². The van der Waals surface area contributed by atoms with Crippen LogP contribution in [0.1, 0.15) is 16.1 Å². The van der Waals surface area contributed by atoms with Gasteiger partial charge in [0.2, 0.25) is 0 Å². The van der Waals surface area contributed by atoms with E-state index in [2.05, 4.69) is 15.3 Å². The lowest BCUT2D eigenvalue weighted by molar-refractivity contribution is 0.102. The molecule has 1 amide bonds. The summed E-state index contributed by atoms with van der Waals surface area (Å²) in [6, 6.07) is 4.73. The van der Waals surface area contributed by atoms with Gasteiger partial charge in [-0.25, -0.2) is 4.98 Å². The number of nitrogens with zero attached hydrogens (tertiary/aromatic N) is 2. The fourth-order valence-electron chi connectivity index (χ4n) is 1.37. The third kappa shape index (κ3) is 2.82. The minimum atomic E-state index is -0.380. The molecule has 2 heterocycles. The fraction of sp³-hybridized carbons (Fsp3) is 0.0833. The third-order valence-corrected chi connectivity index (χ3v) is 2.51. The molecule has 2 aromatic heterocycles. The number of aliphatic hydroxyl groups excluding tert-OH is 1. The number of hydrogen-bond donors (Lipinski definition) is 2. The molecule has 0 saturated carbocycles. The number of aliphatic hydroxyl groups is 1. The summed E-state index contributed by atoms with van der Waals surface area (Å²) < 4.78 is 0. The number of anilines is 1. The molecular formula is C12H10ClN3O2. The summed E-state index contributed by atoms with van der Waals surface area (Å²) in [6.45, 7) is -0.174. The van der Waals surface area contributed by atoms with Gasteiger partial charge in [0.15, 0.2) is 0 Å². The predicted octanol–water partition coefficient (Wildman–Crippen LogP) is 1.87. The Morgan fingerprint density at radius 2 is 2.17 bits per heavy atom. The zero-order chi connectivity index (χ0) is 13.0. The molecule has 2 rings (SSSR count).